The van der Waals surface area contributed by atoms with E-state index in [1.165, 1.54) is 6.42 Å². The molecule has 0 aromatic heterocycles. The summed E-state index contributed by atoms with van der Waals surface area (Å²) in [5.41, 5.74) is -0.229. The Balaban J connectivity index is 2.63. The second kappa shape index (κ2) is 4.79. The molecule has 2 nitrogen and oxygen atoms in total. The zero-order valence-corrected chi connectivity index (χ0v) is 9.64. The van der Waals surface area contributed by atoms with Crippen molar-refractivity contribution in [2.24, 2.45) is 11.8 Å². The Morgan fingerprint density at radius 2 is 1.93 bits per heavy atom. The highest BCUT2D eigenvalue weighted by atomic mass is 15.0. The maximum Gasteiger partial charge on any atom is 0.107 e. The molecular weight excluding hydrogens is 172 g/mol. The van der Waals surface area contributed by atoms with E-state index in [0.29, 0.717) is 11.8 Å². The Labute approximate surface area is 87.7 Å². The molecule has 2 unspecified atom stereocenters. The van der Waals surface area contributed by atoms with Crippen LogP contribution in [-0.2, 0) is 0 Å². The molecule has 0 aromatic carbocycles. The molecular formula is C12H22N2. The highest BCUT2D eigenvalue weighted by Crippen LogP contribution is 2.35. The lowest BCUT2D eigenvalue weighted by atomic mass is 9.72. The Hall–Kier alpha value is -0.550. The second-order valence-corrected chi connectivity index (χ2v) is 4.97. The van der Waals surface area contributed by atoms with E-state index in [0.717, 1.165) is 25.8 Å². The van der Waals surface area contributed by atoms with Gasteiger partial charge in [0.05, 0.1) is 6.07 Å². The average Bonchev–Trinajstić information content (AvgIpc) is 2.13. The third-order valence-electron chi connectivity index (χ3n) is 3.13. The van der Waals surface area contributed by atoms with E-state index in [1.807, 2.05) is 0 Å². The fourth-order valence-corrected chi connectivity index (χ4v) is 2.77. The van der Waals surface area contributed by atoms with E-state index >= 15 is 0 Å². The van der Waals surface area contributed by atoms with Gasteiger partial charge in [0.25, 0.3) is 0 Å². The van der Waals surface area contributed by atoms with Gasteiger partial charge in [0.2, 0.25) is 0 Å². The first-order valence-electron chi connectivity index (χ1n) is 5.78. The van der Waals surface area contributed by atoms with Crippen molar-refractivity contribution < 1.29 is 0 Å². The van der Waals surface area contributed by atoms with E-state index in [-0.39, 0.29) is 5.54 Å². The summed E-state index contributed by atoms with van der Waals surface area (Å²) in [4.78, 5) is 0. The molecule has 0 bridgehead atoms. The topological polar surface area (TPSA) is 35.8 Å². The molecule has 0 amide bonds. The maximum absolute atomic E-state index is 9.29. The molecule has 1 aliphatic carbocycles. The van der Waals surface area contributed by atoms with Crippen LogP contribution in [0.3, 0.4) is 0 Å². The van der Waals surface area contributed by atoms with Crippen molar-refractivity contribution >= 4 is 0 Å². The molecule has 2 atom stereocenters. The molecule has 1 fully saturated rings. The van der Waals surface area contributed by atoms with Gasteiger partial charge in [-0.3, -0.25) is 5.32 Å². The number of rotatable bonds is 3. The molecule has 1 aliphatic rings. The number of nitrogens with zero attached hydrogens (tertiary/aromatic N) is 1. The fraction of sp³-hybridized carbons (Fsp3) is 0.917. The SMILES string of the molecule is CCCNC1(C#N)CC(C)CC(C)C1. The number of hydrogen-bond acceptors (Lipinski definition) is 2. The molecule has 1 rings (SSSR count). The minimum atomic E-state index is -0.229. The third-order valence-corrected chi connectivity index (χ3v) is 3.13. The molecule has 2 heteroatoms. The summed E-state index contributed by atoms with van der Waals surface area (Å²) in [5, 5.41) is 12.7. The van der Waals surface area contributed by atoms with Gasteiger partial charge < -0.3 is 0 Å². The number of nitriles is 1. The van der Waals surface area contributed by atoms with Crippen LogP contribution in [-0.4, -0.2) is 12.1 Å². The van der Waals surface area contributed by atoms with Crippen molar-refractivity contribution in [1.82, 2.24) is 5.32 Å². The quantitative estimate of drug-likeness (QED) is 0.750. The van der Waals surface area contributed by atoms with Crippen molar-refractivity contribution in [2.75, 3.05) is 6.54 Å². The molecule has 1 saturated carbocycles. The van der Waals surface area contributed by atoms with E-state index in [1.54, 1.807) is 0 Å². The predicted molar refractivity (Wildman–Crippen MR) is 58.8 cm³/mol. The summed E-state index contributed by atoms with van der Waals surface area (Å²) in [6.45, 7) is 7.63. The molecule has 0 aromatic rings. The molecule has 1 N–H and O–H groups in total. The molecule has 0 aliphatic heterocycles. The van der Waals surface area contributed by atoms with Crippen LogP contribution >= 0.6 is 0 Å². The zero-order chi connectivity index (χ0) is 10.6. The van der Waals surface area contributed by atoms with Gasteiger partial charge in [0.15, 0.2) is 0 Å². The lowest BCUT2D eigenvalue weighted by Crippen LogP contribution is -2.49. The van der Waals surface area contributed by atoms with Crippen molar-refractivity contribution in [3.05, 3.63) is 0 Å². The lowest BCUT2D eigenvalue weighted by Gasteiger charge is -2.38. The van der Waals surface area contributed by atoms with Gasteiger partial charge in [0.1, 0.15) is 5.54 Å². The van der Waals surface area contributed by atoms with Crippen LogP contribution in [0, 0.1) is 23.2 Å². The summed E-state index contributed by atoms with van der Waals surface area (Å²) < 4.78 is 0. The Morgan fingerprint density at radius 1 is 1.36 bits per heavy atom. The lowest BCUT2D eigenvalue weighted by molar-refractivity contribution is 0.190. The fourth-order valence-electron chi connectivity index (χ4n) is 2.77. The van der Waals surface area contributed by atoms with Gasteiger partial charge in [-0.1, -0.05) is 20.8 Å². The average molecular weight is 194 g/mol. The first kappa shape index (κ1) is 11.5. The van der Waals surface area contributed by atoms with Gasteiger partial charge in [0, 0.05) is 0 Å². The summed E-state index contributed by atoms with van der Waals surface area (Å²) in [6, 6.07) is 2.50. The number of nitrogens with one attached hydrogen (secondary N) is 1. The van der Waals surface area contributed by atoms with Crippen molar-refractivity contribution in [3.63, 3.8) is 0 Å². The first-order valence-corrected chi connectivity index (χ1v) is 5.78. The van der Waals surface area contributed by atoms with Crippen molar-refractivity contribution in [1.29, 1.82) is 5.26 Å². The summed E-state index contributed by atoms with van der Waals surface area (Å²) in [5.74, 6) is 1.37. The summed E-state index contributed by atoms with van der Waals surface area (Å²) in [6.07, 6.45) is 4.42. The molecule has 0 heterocycles. The van der Waals surface area contributed by atoms with E-state index < -0.39 is 0 Å². The monoisotopic (exact) mass is 194 g/mol. The largest absolute Gasteiger partial charge is 0.299 e. The van der Waals surface area contributed by atoms with Gasteiger partial charge in [-0.15, -0.1) is 0 Å². The van der Waals surface area contributed by atoms with Gasteiger partial charge >= 0.3 is 0 Å². The smallest absolute Gasteiger partial charge is 0.107 e. The normalized spacial score (nSPS) is 37.9. The first-order chi connectivity index (χ1) is 6.62. The van der Waals surface area contributed by atoms with Gasteiger partial charge in [-0.2, -0.15) is 5.26 Å². The van der Waals surface area contributed by atoms with Crippen LogP contribution in [0.5, 0.6) is 0 Å². The molecule has 80 valence electrons. The van der Waals surface area contributed by atoms with Crippen LogP contribution < -0.4 is 5.32 Å². The zero-order valence-electron chi connectivity index (χ0n) is 9.64. The Bertz CT molecular complexity index is 207. The predicted octanol–water partition coefficient (Wildman–Crippen LogP) is 2.70. The van der Waals surface area contributed by atoms with Crippen molar-refractivity contribution in [3.8, 4) is 6.07 Å². The van der Waals surface area contributed by atoms with Crippen LogP contribution in [0.15, 0.2) is 0 Å². The third kappa shape index (κ3) is 2.72. The van der Waals surface area contributed by atoms with Crippen LogP contribution in [0.4, 0.5) is 0 Å². The maximum atomic E-state index is 9.29. The van der Waals surface area contributed by atoms with Crippen LogP contribution in [0.25, 0.3) is 0 Å². The van der Waals surface area contributed by atoms with Crippen molar-refractivity contribution in [2.45, 2.75) is 52.0 Å². The molecule has 0 radical (unpaired) electrons. The summed E-state index contributed by atoms with van der Waals surface area (Å²) in [7, 11) is 0. The summed E-state index contributed by atoms with van der Waals surface area (Å²) >= 11 is 0. The minimum absolute atomic E-state index is 0.229. The highest BCUT2D eigenvalue weighted by Gasteiger charge is 2.37. The Morgan fingerprint density at radius 3 is 2.36 bits per heavy atom. The van der Waals surface area contributed by atoms with E-state index in [4.69, 9.17) is 0 Å². The highest BCUT2D eigenvalue weighted by molar-refractivity contribution is 5.10. The molecule has 0 saturated heterocycles. The van der Waals surface area contributed by atoms with Gasteiger partial charge in [-0.05, 0) is 44.1 Å². The molecule has 0 spiro atoms. The number of hydrogen-bond donors (Lipinski definition) is 1. The van der Waals surface area contributed by atoms with Crippen LogP contribution in [0.1, 0.15) is 46.5 Å². The van der Waals surface area contributed by atoms with Gasteiger partial charge in [-0.25, -0.2) is 0 Å². The Kier molecular flexibility index (Phi) is 3.95. The second-order valence-electron chi connectivity index (χ2n) is 4.97. The standard InChI is InChI=1S/C12H22N2/c1-4-5-14-12(9-13)7-10(2)6-11(3)8-12/h10-11,14H,4-8H2,1-3H3. The van der Waals surface area contributed by atoms with E-state index in [2.05, 4.69) is 32.2 Å². The molecule has 14 heavy (non-hydrogen) atoms. The van der Waals surface area contributed by atoms with E-state index in [9.17, 15) is 5.26 Å². The minimum Gasteiger partial charge on any atom is -0.299 e. The van der Waals surface area contributed by atoms with Crippen LogP contribution in [0.2, 0.25) is 0 Å².